The lowest BCUT2D eigenvalue weighted by molar-refractivity contribution is -0.170. The Hall–Kier alpha value is -11.1. The molecule has 0 spiro atoms. The Morgan fingerprint density at radius 1 is 0.313 bits per heavy atom. The maximum Gasteiger partial charge on any atom is 0.344 e. The third-order valence-electron chi connectivity index (χ3n) is 20.3. The SMILES string of the molecule is C=C(C)C(=O)OCC(=O)OC1C(C)CC2CC1OC2=O.C=C(C)C(=O)OCC(=O)OC1CCC2CC1OC2=O.C=C(C)C(=O)OCCC(=O)OC1CCC2CC1OC2=O.C=CC(=O)OCC(=O)OC1C(C)CC2CC1OC2=O.C=CC(=O)OCC(=O)OC1CCC2CC1OC2=O.C=CC(=O)OCCC(=O)OC1CCC2CC1OC2=O. The molecule has 0 aromatic heterocycles. The Bertz CT molecular complexity index is 3750. The van der Waals surface area contributed by atoms with Gasteiger partial charge in [0.15, 0.2) is 26.4 Å². The van der Waals surface area contributed by atoms with Gasteiger partial charge in [0.25, 0.3) is 0 Å². The van der Waals surface area contributed by atoms with Crippen molar-refractivity contribution in [2.24, 2.45) is 47.3 Å². The molecule has 12 bridgehead atoms. The van der Waals surface area contributed by atoms with Gasteiger partial charge in [0.2, 0.25) is 0 Å². The number of hydrogen-bond acceptors (Lipinski definition) is 36. The normalized spacial score (nSPS) is 29.6. The average Bonchev–Trinajstić information content (AvgIpc) is 1.76. The largest absolute Gasteiger partial charge is 0.462 e. The van der Waals surface area contributed by atoms with Crippen molar-refractivity contribution in [1.82, 2.24) is 0 Å². The van der Waals surface area contributed by atoms with Crippen molar-refractivity contribution < 1.29 is 172 Å². The van der Waals surface area contributed by atoms with Crippen LogP contribution in [0.3, 0.4) is 0 Å². The van der Waals surface area contributed by atoms with Crippen LogP contribution in [0.5, 0.6) is 0 Å². The zero-order chi connectivity index (χ0) is 84.5. The van der Waals surface area contributed by atoms with Crippen LogP contribution in [0.15, 0.2) is 74.4 Å². The molecule has 36 nitrogen and oxygen atoms in total. The van der Waals surface area contributed by atoms with Crippen molar-refractivity contribution in [3.63, 3.8) is 0 Å². The molecular formula is C79H98O36. The third kappa shape index (κ3) is 27.6. The fourth-order valence-electron chi connectivity index (χ4n) is 14.4. The number of esters is 18. The first-order valence-electron chi connectivity index (χ1n) is 37.8. The molecule has 0 amide bonds. The number of carbonyl (C=O) groups is 18. The summed E-state index contributed by atoms with van der Waals surface area (Å²) in [4.78, 5) is 203. The molecular weight excluding hydrogens is 1520 g/mol. The van der Waals surface area contributed by atoms with Gasteiger partial charge >= 0.3 is 107 Å². The number of hydrogen-bond donors (Lipinski definition) is 0. The molecule has 6 aliphatic heterocycles. The van der Waals surface area contributed by atoms with E-state index in [0.717, 1.165) is 18.2 Å². The molecule has 36 heteroatoms. The van der Waals surface area contributed by atoms with E-state index in [1.807, 2.05) is 13.8 Å². The molecule has 6 saturated heterocycles. The van der Waals surface area contributed by atoms with Crippen LogP contribution in [0.2, 0.25) is 0 Å². The number of carbonyl (C=O) groups excluding carboxylic acids is 18. The Labute approximate surface area is 661 Å². The standard InChI is InChI=1S/2C14H18O6.3C13H16O6.C12H14O6/c1-7(2)13(16)18-6-11(15)20-12-8(3)4-9-5-10(12)19-14(9)17;1-8(2)13(16)18-6-5-12(15)19-10-4-3-9-7-11(10)20-14(9)17;1-7(2)12(15)17-6-11(14)18-9-4-3-8-5-10(9)19-13(8)16;1-3-10(14)17-6-11(15)19-12-7(2)4-8-5-9(12)18-13(8)16;1-2-11(14)17-6-5-12(15)18-9-4-3-8-7-10(9)19-13(8)16;1-2-10(13)16-6-11(14)17-8-4-3-7-5-9(8)18-12(7)15/h8-10,12H,1,4-6H2,2-3H3;9-11H,1,3-7H2,2H3;8-10H,1,3-6H2,2H3;3,7-9,12H,1,4-6H2,2H3;2,8-10H,1,3-7H2;2,7-9H,1,3-6H2. The van der Waals surface area contributed by atoms with E-state index in [0.29, 0.717) is 103 Å². The zero-order valence-corrected chi connectivity index (χ0v) is 64.7. The lowest BCUT2D eigenvalue weighted by Gasteiger charge is -2.31. The zero-order valence-electron chi connectivity index (χ0n) is 64.7. The Morgan fingerprint density at radius 3 is 0.861 bits per heavy atom. The van der Waals surface area contributed by atoms with Crippen LogP contribution in [0.4, 0.5) is 0 Å². The second kappa shape index (κ2) is 43.4. The van der Waals surface area contributed by atoms with Gasteiger partial charge in [-0.15, -0.1) is 0 Å². The molecule has 12 fully saturated rings. The minimum Gasteiger partial charge on any atom is -0.462 e. The maximum absolute atomic E-state index is 11.7. The first-order chi connectivity index (χ1) is 54.5. The van der Waals surface area contributed by atoms with Crippen molar-refractivity contribution in [2.45, 2.75) is 223 Å². The summed E-state index contributed by atoms with van der Waals surface area (Å²) in [6.07, 6.45) is 8.46. The number of ether oxygens (including phenoxy) is 18. The topological polar surface area (TPSA) is 473 Å². The molecule has 20 atom stereocenters. The summed E-state index contributed by atoms with van der Waals surface area (Å²) in [6, 6.07) is 0. The predicted octanol–water partition coefficient (Wildman–Crippen LogP) is 4.56. The minimum atomic E-state index is -0.680. The van der Waals surface area contributed by atoms with E-state index in [9.17, 15) is 86.3 Å². The van der Waals surface area contributed by atoms with Gasteiger partial charge in [-0.05, 0) is 96.8 Å². The molecule has 630 valence electrons. The van der Waals surface area contributed by atoms with Crippen molar-refractivity contribution in [1.29, 1.82) is 0 Å². The second-order valence-corrected chi connectivity index (χ2v) is 29.3. The quantitative estimate of drug-likeness (QED) is 0.0650. The van der Waals surface area contributed by atoms with Crippen molar-refractivity contribution in [3.8, 4) is 0 Å². The fourth-order valence-corrected chi connectivity index (χ4v) is 14.4. The predicted molar refractivity (Wildman–Crippen MR) is 382 cm³/mol. The highest BCUT2D eigenvalue weighted by Gasteiger charge is 2.52. The van der Waals surface area contributed by atoms with Crippen LogP contribution in [-0.4, -0.2) is 220 Å². The van der Waals surface area contributed by atoms with E-state index in [1.165, 1.54) is 20.8 Å². The van der Waals surface area contributed by atoms with Gasteiger partial charge in [-0.3, -0.25) is 38.4 Å². The van der Waals surface area contributed by atoms with E-state index >= 15 is 0 Å². The fraction of sp³-hybridized carbons (Fsp3) is 0.620. The average molecular weight is 1620 g/mol. The molecule has 0 N–H and O–H groups in total. The Kier molecular flexibility index (Phi) is 34.4. The summed E-state index contributed by atoms with van der Waals surface area (Å²) >= 11 is 0. The van der Waals surface area contributed by atoms with Crippen LogP contribution >= 0.6 is 0 Å². The van der Waals surface area contributed by atoms with E-state index in [4.69, 9.17) is 66.3 Å². The molecule has 0 aromatic rings. The molecule has 6 heterocycles. The van der Waals surface area contributed by atoms with Gasteiger partial charge in [-0.1, -0.05) is 53.3 Å². The summed E-state index contributed by atoms with van der Waals surface area (Å²) in [7, 11) is 0. The van der Waals surface area contributed by atoms with Gasteiger partial charge in [-0.25, -0.2) is 47.9 Å². The van der Waals surface area contributed by atoms with E-state index in [-0.39, 0.29) is 175 Å². The highest BCUT2D eigenvalue weighted by atomic mass is 16.7. The maximum atomic E-state index is 11.7. The minimum absolute atomic E-state index is 0.0137. The molecule has 0 aromatic carbocycles. The van der Waals surface area contributed by atoms with Crippen LogP contribution in [0.25, 0.3) is 0 Å². The molecule has 6 saturated carbocycles. The lowest BCUT2D eigenvalue weighted by atomic mass is 9.81. The molecule has 0 radical (unpaired) electrons. The molecule has 115 heavy (non-hydrogen) atoms. The van der Waals surface area contributed by atoms with Gasteiger partial charge in [0, 0.05) is 73.5 Å². The molecule has 12 rings (SSSR count). The van der Waals surface area contributed by atoms with E-state index in [1.54, 1.807) is 0 Å². The summed E-state index contributed by atoms with van der Waals surface area (Å²) in [6.45, 7) is 26.4. The first kappa shape index (κ1) is 91.1. The van der Waals surface area contributed by atoms with Crippen LogP contribution in [0, 0.1) is 47.3 Å². The van der Waals surface area contributed by atoms with E-state index in [2.05, 4.69) is 58.4 Å². The third-order valence-corrected chi connectivity index (χ3v) is 20.3. The first-order valence-corrected chi connectivity index (χ1v) is 37.8. The Morgan fingerprint density at radius 2 is 0.557 bits per heavy atom. The van der Waals surface area contributed by atoms with Crippen molar-refractivity contribution in [3.05, 3.63) is 74.4 Å². The molecule has 20 unspecified atom stereocenters. The smallest absolute Gasteiger partial charge is 0.344 e. The number of fused-ring (bicyclic) bond motifs is 12. The molecule has 6 aliphatic carbocycles. The summed E-state index contributed by atoms with van der Waals surface area (Å²) in [5.41, 5.74) is 0.726. The van der Waals surface area contributed by atoms with Crippen LogP contribution < -0.4 is 0 Å². The second-order valence-electron chi connectivity index (χ2n) is 29.3. The summed E-state index contributed by atoms with van der Waals surface area (Å²) in [5, 5.41) is 0. The molecule has 12 aliphatic rings. The highest BCUT2D eigenvalue weighted by Crippen LogP contribution is 2.43. The van der Waals surface area contributed by atoms with Gasteiger partial charge in [0.05, 0.1) is 48.3 Å². The highest BCUT2D eigenvalue weighted by molar-refractivity contribution is 5.90. The van der Waals surface area contributed by atoms with Crippen molar-refractivity contribution >= 4 is 107 Å². The van der Waals surface area contributed by atoms with Gasteiger partial charge in [0.1, 0.15) is 86.5 Å². The van der Waals surface area contributed by atoms with Gasteiger partial charge in [-0.2, -0.15) is 0 Å². The monoisotopic (exact) mass is 1620 g/mol. The van der Waals surface area contributed by atoms with E-state index < -0.39 is 122 Å². The van der Waals surface area contributed by atoms with Crippen LogP contribution in [-0.2, 0) is 172 Å². The lowest BCUT2D eigenvalue weighted by Crippen LogP contribution is -2.40. The van der Waals surface area contributed by atoms with Crippen molar-refractivity contribution in [2.75, 3.05) is 39.6 Å². The summed E-state index contributed by atoms with van der Waals surface area (Å²) < 4.78 is 90.3. The Balaban J connectivity index is 0.000000191. The van der Waals surface area contributed by atoms with Gasteiger partial charge < -0.3 is 85.3 Å². The summed E-state index contributed by atoms with van der Waals surface area (Å²) in [5.74, 6) is -8.66. The number of rotatable bonds is 26. The van der Waals surface area contributed by atoms with Crippen LogP contribution in [0.1, 0.15) is 150 Å².